The van der Waals surface area contributed by atoms with E-state index < -0.39 is 12.6 Å². The van der Waals surface area contributed by atoms with Crippen LogP contribution in [0.3, 0.4) is 0 Å². The highest BCUT2D eigenvalue weighted by molar-refractivity contribution is 14.0. The van der Waals surface area contributed by atoms with Crippen molar-refractivity contribution in [1.82, 2.24) is 10.6 Å². The summed E-state index contributed by atoms with van der Waals surface area (Å²) in [5.41, 5.74) is 1.64. The molecule has 0 amide bonds. The quantitative estimate of drug-likeness (QED) is 0.247. The molecule has 0 saturated heterocycles. The molecule has 4 nitrogen and oxygen atoms in total. The summed E-state index contributed by atoms with van der Waals surface area (Å²) in [4.78, 5) is 3.88. The van der Waals surface area contributed by atoms with Crippen LogP contribution in [0, 0.1) is 5.82 Å². The van der Waals surface area contributed by atoms with Crippen LogP contribution in [0.5, 0.6) is 5.75 Å². The molecule has 2 N–H and O–H groups in total. The summed E-state index contributed by atoms with van der Waals surface area (Å²) < 4.78 is 55.2. The van der Waals surface area contributed by atoms with Crippen molar-refractivity contribution in [2.24, 2.45) is 4.99 Å². The van der Waals surface area contributed by atoms with Gasteiger partial charge in [0.25, 0.3) is 0 Å². The number of aliphatic imine (C=N–C) groups is 1. The Bertz CT molecular complexity index is 752. The maximum absolute atomic E-state index is 13.1. The number of guanidine groups is 1. The van der Waals surface area contributed by atoms with Crippen LogP contribution < -0.4 is 15.4 Å². The van der Waals surface area contributed by atoms with Crippen LogP contribution in [-0.2, 0) is 13.2 Å². The molecule has 9 heteroatoms. The number of ether oxygens (including phenoxy) is 1. The van der Waals surface area contributed by atoms with Crippen molar-refractivity contribution in [3.63, 3.8) is 0 Å². The number of nitrogens with zero attached hydrogens (tertiary/aromatic N) is 1. The molecule has 2 aromatic carbocycles. The van der Waals surface area contributed by atoms with Crippen molar-refractivity contribution in [2.45, 2.75) is 25.7 Å². The fourth-order valence-corrected chi connectivity index (χ4v) is 2.23. The molecule has 0 spiro atoms. The van der Waals surface area contributed by atoms with Crippen LogP contribution in [0.4, 0.5) is 17.6 Å². The highest BCUT2D eigenvalue weighted by Crippen LogP contribution is 2.18. The third kappa shape index (κ3) is 9.25. The standard InChI is InChI=1S/C19H21F4N3O.HI/c1-24-18(25-10-9-19(21,22)23)26-12-14-5-7-17(8-6-14)27-13-15-3-2-4-16(20)11-15;/h2-8,11H,9-10,12-13H2,1H3,(H2,24,25,26);1H. The van der Waals surface area contributed by atoms with Gasteiger partial charge in [0.1, 0.15) is 18.2 Å². The molecular formula is C19H22F4IN3O. The van der Waals surface area contributed by atoms with Crippen molar-refractivity contribution >= 4 is 29.9 Å². The Morgan fingerprint density at radius 1 is 1.04 bits per heavy atom. The van der Waals surface area contributed by atoms with E-state index in [9.17, 15) is 17.6 Å². The third-order valence-electron chi connectivity index (χ3n) is 3.60. The van der Waals surface area contributed by atoms with Crippen LogP contribution in [0.15, 0.2) is 53.5 Å². The number of benzene rings is 2. The van der Waals surface area contributed by atoms with Gasteiger partial charge in [-0.2, -0.15) is 13.2 Å². The Kier molecular flexibility index (Phi) is 10.0. The predicted molar refractivity (Wildman–Crippen MR) is 111 cm³/mol. The molecule has 2 aromatic rings. The lowest BCUT2D eigenvalue weighted by Crippen LogP contribution is -2.38. The SMILES string of the molecule is CN=C(NCCC(F)(F)F)NCc1ccc(OCc2cccc(F)c2)cc1.I. The monoisotopic (exact) mass is 511 g/mol. The number of hydrogen-bond donors (Lipinski definition) is 2. The normalized spacial score (nSPS) is 11.5. The fourth-order valence-electron chi connectivity index (χ4n) is 2.23. The van der Waals surface area contributed by atoms with E-state index in [0.29, 0.717) is 18.3 Å². The van der Waals surface area contributed by atoms with E-state index >= 15 is 0 Å². The van der Waals surface area contributed by atoms with Crippen LogP contribution in [0.2, 0.25) is 0 Å². The summed E-state index contributed by atoms with van der Waals surface area (Å²) in [7, 11) is 1.49. The summed E-state index contributed by atoms with van der Waals surface area (Å²) in [5.74, 6) is 0.621. The van der Waals surface area contributed by atoms with Crippen molar-refractivity contribution < 1.29 is 22.3 Å². The molecule has 0 saturated carbocycles. The molecule has 0 aromatic heterocycles. The molecule has 2 rings (SSSR count). The van der Waals surface area contributed by atoms with Crippen molar-refractivity contribution in [2.75, 3.05) is 13.6 Å². The fraction of sp³-hybridized carbons (Fsp3) is 0.316. The second-order valence-corrected chi connectivity index (χ2v) is 5.78. The van der Waals surface area contributed by atoms with Crippen molar-refractivity contribution in [1.29, 1.82) is 0 Å². The first-order valence-corrected chi connectivity index (χ1v) is 8.33. The third-order valence-corrected chi connectivity index (χ3v) is 3.60. The highest BCUT2D eigenvalue weighted by Gasteiger charge is 2.26. The Labute approximate surface area is 178 Å². The maximum Gasteiger partial charge on any atom is 0.390 e. The number of nitrogens with one attached hydrogen (secondary N) is 2. The first kappa shape index (κ1) is 24.0. The van der Waals surface area contributed by atoms with E-state index in [1.54, 1.807) is 24.3 Å². The van der Waals surface area contributed by atoms with Gasteiger partial charge in [0.2, 0.25) is 0 Å². The summed E-state index contributed by atoms with van der Waals surface area (Å²) in [5, 5.41) is 5.56. The summed E-state index contributed by atoms with van der Waals surface area (Å²) in [6.07, 6.45) is -5.13. The van der Waals surface area contributed by atoms with Crippen molar-refractivity contribution in [3.8, 4) is 5.75 Å². The molecule has 0 bridgehead atoms. The Morgan fingerprint density at radius 2 is 1.75 bits per heavy atom. The molecule has 0 fully saturated rings. The van der Waals surface area contributed by atoms with Crippen molar-refractivity contribution in [3.05, 3.63) is 65.5 Å². The van der Waals surface area contributed by atoms with E-state index in [4.69, 9.17) is 4.74 Å². The molecule has 0 aliphatic heterocycles. The summed E-state index contributed by atoms with van der Waals surface area (Å²) in [6, 6.07) is 13.4. The molecule has 0 aliphatic carbocycles. The first-order chi connectivity index (χ1) is 12.9. The van der Waals surface area contributed by atoms with Crippen LogP contribution >= 0.6 is 24.0 Å². The lowest BCUT2D eigenvalue weighted by atomic mass is 10.2. The molecule has 0 radical (unpaired) electrons. The van der Waals surface area contributed by atoms with E-state index in [-0.39, 0.29) is 42.9 Å². The Balaban J connectivity index is 0.00000392. The van der Waals surface area contributed by atoms with E-state index in [0.717, 1.165) is 11.1 Å². The zero-order chi connectivity index (χ0) is 19.7. The molecule has 0 aliphatic rings. The predicted octanol–water partition coefficient (Wildman–Crippen LogP) is 4.64. The Morgan fingerprint density at radius 3 is 2.36 bits per heavy atom. The van der Waals surface area contributed by atoms with E-state index in [2.05, 4.69) is 15.6 Å². The number of alkyl halides is 3. The maximum atomic E-state index is 13.1. The van der Waals surface area contributed by atoms with Gasteiger partial charge in [-0.3, -0.25) is 4.99 Å². The van der Waals surface area contributed by atoms with Gasteiger partial charge in [-0.1, -0.05) is 24.3 Å². The lowest BCUT2D eigenvalue weighted by molar-refractivity contribution is -0.132. The second kappa shape index (κ2) is 11.7. The minimum Gasteiger partial charge on any atom is -0.489 e. The van der Waals surface area contributed by atoms with Gasteiger partial charge in [0.05, 0.1) is 6.42 Å². The minimum absolute atomic E-state index is 0. The van der Waals surface area contributed by atoms with E-state index in [1.807, 2.05) is 12.1 Å². The van der Waals surface area contributed by atoms with Gasteiger partial charge in [-0.25, -0.2) is 4.39 Å². The number of rotatable bonds is 7. The molecule has 154 valence electrons. The summed E-state index contributed by atoms with van der Waals surface area (Å²) >= 11 is 0. The zero-order valence-corrected chi connectivity index (χ0v) is 17.6. The van der Waals surface area contributed by atoms with Crippen LogP contribution in [0.1, 0.15) is 17.5 Å². The average molecular weight is 511 g/mol. The first-order valence-electron chi connectivity index (χ1n) is 8.33. The van der Waals surface area contributed by atoms with Gasteiger partial charge in [-0.15, -0.1) is 24.0 Å². The van der Waals surface area contributed by atoms with Crippen LogP contribution in [-0.4, -0.2) is 25.7 Å². The number of halogens is 5. The minimum atomic E-state index is -4.20. The molecule has 0 unspecified atom stereocenters. The van der Waals surface area contributed by atoms with Gasteiger partial charge in [-0.05, 0) is 35.4 Å². The van der Waals surface area contributed by atoms with Gasteiger partial charge >= 0.3 is 6.18 Å². The van der Waals surface area contributed by atoms with Crippen LogP contribution in [0.25, 0.3) is 0 Å². The average Bonchev–Trinajstić information content (AvgIpc) is 2.63. The smallest absolute Gasteiger partial charge is 0.390 e. The zero-order valence-electron chi connectivity index (χ0n) is 15.2. The molecule has 0 heterocycles. The lowest BCUT2D eigenvalue weighted by Gasteiger charge is -2.13. The Hall–Kier alpha value is -2.04. The summed E-state index contributed by atoms with van der Waals surface area (Å²) in [6.45, 7) is 0.414. The topological polar surface area (TPSA) is 45.7 Å². The van der Waals surface area contributed by atoms with Gasteiger partial charge < -0.3 is 15.4 Å². The molecule has 0 atom stereocenters. The number of hydrogen-bond acceptors (Lipinski definition) is 2. The van der Waals surface area contributed by atoms with Gasteiger partial charge in [0, 0.05) is 20.1 Å². The second-order valence-electron chi connectivity index (χ2n) is 5.78. The van der Waals surface area contributed by atoms with Gasteiger partial charge in [0.15, 0.2) is 5.96 Å². The molecular weight excluding hydrogens is 489 g/mol. The largest absolute Gasteiger partial charge is 0.489 e. The highest BCUT2D eigenvalue weighted by atomic mass is 127. The molecule has 28 heavy (non-hydrogen) atoms. The van der Waals surface area contributed by atoms with E-state index in [1.165, 1.54) is 19.2 Å².